The van der Waals surface area contributed by atoms with E-state index < -0.39 is 0 Å². The quantitative estimate of drug-likeness (QED) is 0.352. The molecule has 0 unspecified atom stereocenters. The summed E-state index contributed by atoms with van der Waals surface area (Å²) >= 11 is 1.72. The van der Waals surface area contributed by atoms with Gasteiger partial charge in [-0.05, 0) is 48.1 Å². The van der Waals surface area contributed by atoms with Gasteiger partial charge in [-0.25, -0.2) is 4.98 Å². The molecule has 1 aliphatic rings. The molecule has 0 bridgehead atoms. The minimum absolute atomic E-state index is 0.151. The average molecular weight is 457 g/mol. The molecule has 168 valence electrons. The molecule has 0 saturated carbocycles. The zero-order valence-corrected chi connectivity index (χ0v) is 19.7. The molecule has 4 aromatic rings. The number of carbonyl (C=O) groups excluding carboxylic acids is 1. The zero-order chi connectivity index (χ0) is 22.6. The van der Waals surface area contributed by atoms with Crippen molar-refractivity contribution in [3.05, 3.63) is 89.7 Å². The smallest absolute Gasteiger partial charge is 0.253 e. The fourth-order valence-electron chi connectivity index (χ4n) is 4.42. The highest BCUT2D eigenvalue weighted by Gasteiger charge is 2.22. The number of hydrogen-bond acceptors (Lipinski definition) is 4. The molecule has 5 nitrogen and oxygen atoms in total. The monoisotopic (exact) mass is 456 g/mol. The number of likely N-dealkylation sites (tertiary alicyclic amines) is 1. The van der Waals surface area contributed by atoms with Gasteiger partial charge in [-0.2, -0.15) is 0 Å². The second-order valence-corrected chi connectivity index (χ2v) is 9.76. The van der Waals surface area contributed by atoms with Crippen LogP contribution in [0.4, 0.5) is 0 Å². The molecule has 1 atom stereocenters. The number of aromatic nitrogens is 3. The van der Waals surface area contributed by atoms with Crippen LogP contribution in [-0.2, 0) is 12.3 Å². The summed E-state index contributed by atoms with van der Waals surface area (Å²) in [6.07, 6.45) is 5.98. The van der Waals surface area contributed by atoms with Gasteiger partial charge < -0.3 is 9.47 Å². The van der Waals surface area contributed by atoms with E-state index in [1.54, 1.807) is 18.0 Å². The maximum Gasteiger partial charge on any atom is 0.253 e. The van der Waals surface area contributed by atoms with Gasteiger partial charge in [-0.3, -0.25) is 9.78 Å². The van der Waals surface area contributed by atoms with Crippen LogP contribution in [0.3, 0.4) is 0 Å². The van der Waals surface area contributed by atoms with Gasteiger partial charge in [-0.15, -0.1) is 0 Å². The molecular formula is C27H28N4OS. The molecule has 1 aliphatic heterocycles. The molecule has 33 heavy (non-hydrogen) atoms. The molecule has 1 fully saturated rings. The van der Waals surface area contributed by atoms with Crippen molar-refractivity contribution < 1.29 is 4.79 Å². The third kappa shape index (κ3) is 4.96. The molecule has 5 rings (SSSR count). The highest BCUT2D eigenvalue weighted by molar-refractivity contribution is 7.98. The van der Waals surface area contributed by atoms with Gasteiger partial charge in [0.05, 0.1) is 23.8 Å². The molecule has 0 spiro atoms. The summed E-state index contributed by atoms with van der Waals surface area (Å²) in [7, 11) is 0. The Bertz CT molecular complexity index is 1240. The summed E-state index contributed by atoms with van der Waals surface area (Å²) in [4.78, 5) is 24.0. The van der Waals surface area contributed by atoms with Gasteiger partial charge in [0.15, 0.2) is 5.16 Å². The average Bonchev–Trinajstić information content (AvgIpc) is 3.20. The maximum absolute atomic E-state index is 12.9. The Labute approximate surface area is 198 Å². The number of rotatable bonds is 6. The number of pyridine rings is 1. The lowest BCUT2D eigenvalue weighted by Gasteiger charge is -2.31. The van der Waals surface area contributed by atoms with E-state index in [-0.39, 0.29) is 5.91 Å². The highest BCUT2D eigenvalue weighted by atomic mass is 32.2. The van der Waals surface area contributed by atoms with Crippen molar-refractivity contribution in [2.45, 2.75) is 37.2 Å². The Kier molecular flexibility index (Phi) is 6.44. The second-order valence-electron chi connectivity index (χ2n) is 8.81. The van der Waals surface area contributed by atoms with E-state index in [9.17, 15) is 4.79 Å². The summed E-state index contributed by atoms with van der Waals surface area (Å²) in [5, 5.41) is 0.976. The number of amides is 1. The molecule has 2 aromatic carbocycles. The third-order valence-corrected chi connectivity index (χ3v) is 7.26. The van der Waals surface area contributed by atoms with Crippen LogP contribution in [0.25, 0.3) is 11.0 Å². The van der Waals surface area contributed by atoms with Gasteiger partial charge in [-0.1, -0.05) is 61.2 Å². The fraction of sp³-hybridized carbons (Fsp3) is 0.296. The van der Waals surface area contributed by atoms with Crippen LogP contribution in [0.2, 0.25) is 0 Å². The summed E-state index contributed by atoms with van der Waals surface area (Å²) in [6, 6.07) is 20.5. The second kappa shape index (κ2) is 9.79. The predicted octanol–water partition coefficient (Wildman–Crippen LogP) is 5.64. The number of benzene rings is 2. The van der Waals surface area contributed by atoms with Crippen LogP contribution in [-0.4, -0.2) is 38.4 Å². The van der Waals surface area contributed by atoms with Crippen LogP contribution < -0.4 is 0 Å². The third-order valence-electron chi connectivity index (χ3n) is 6.21. The summed E-state index contributed by atoms with van der Waals surface area (Å²) in [5.74, 6) is 1.53. The van der Waals surface area contributed by atoms with E-state index in [0.29, 0.717) is 5.92 Å². The van der Waals surface area contributed by atoms with Crippen molar-refractivity contribution in [3.8, 4) is 0 Å². The standard InChI is InChI=1S/C27H28N4OS/c1-20-6-5-15-30(17-20)26(32)23-11-9-22(10-12-23)19-33-27-29-24-13-14-28-16-25(24)31(27)18-21-7-3-2-4-8-21/h2-4,7-14,16,20H,5-6,15,17-19H2,1H3/t20-/m1/s1. The van der Waals surface area contributed by atoms with E-state index in [0.717, 1.165) is 53.6 Å². The predicted molar refractivity (Wildman–Crippen MR) is 133 cm³/mol. The van der Waals surface area contributed by atoms with Gasteiger partial charge in [0, 0.05) is 30.6 Å². The molecule has 1 amide bonds. The van der Waals surface area contributed by atoms with Crippen molar-refractivity contribution >= 4 is 28.7 Å². The first-order valence-corrected chi connectivity index (χ1v) is 12.5. The van der Waals surface area contributed by atoms with Crippen LogP contribution in [0.1, 0.15) is 41.3 Å². The first-order valence-electron chi connectivity index (χ1n) is 11.5. The number of fused-ring (bicyclic) bond motifs is 1. The topological polar surface area (TPSA) is 51.0 Å². The van der Waals surface area contributed by atoms with E-state index >= 15 is 0 Å². The number of hydrogen-bond donors (Lipinski definition) is 0. The van der Waals surface area contributed by atoms with Crippen LogP contribution in [0.15, 0.2) is 78.2 Å². The first kappa shape index (κ1) is 21.7. The Morgan fingerprint density at radius 1 is 1.06 bits per heavy atom. The summed E-state index contributed by atoms with van der Waals surface area (Å²) in [6.45, 7) is 4.71. The van der Waals surface area contributed by atoms with Crippen LogP contribution in [0.5, 0.6) is 0 Å². The first-order chi connectivity index (χ1) is 16.2. The van der Waals surface area contributed by atoms with Crippen LogP contribution >= 0.6 is 11.8 Å². The van der Waals surface area contributed by atoms with Gasteiger partial charge >= 0.3 is 0 Å². The number of nitrogens with zero attached hydrogens (tertiary/aromatic N) is 4. The van der Waals surface area contributed by atoms with Crippen molar-refractivity contribution in [1.82, 2.24) is 19.4 Å². The van der Waals surface area contributed by atoms with Gasteiger partial charge in [0.25, 0.3) is 5.91 Å². The number of carbonyl (C=O) groups is 1. The normalized spacial score (nSPS) is 16.3. The van der Waals surface area contributed by atoms with E-state index in [2.05, 4.69) is 52.9 Å². The molecule has 0 radical (unpaired) electrons. The molecule has 0 aliphatic carbocycles. The summed E-state index contributed by atoms with van der Waals surface area (Å²) in [5.41, 5.74) is 5.19. The van der Waals surface area contributed by atoms with Crippen molar-refractivity contribution in [1.29, 1.82) is 0 Å². The van der Waals surface area contributed by atoms with Crippen molar-refractivity contribution in [2.24, 2.45) is 5.92 Å². The molecular weight excluding hydrogens is 428 g/mol. The van der Waals surface area contributed by atoms with Crippen molar-refractivity contribution in [2.75, 3.05) is 13.1 Å². The molecule has 1 saturated heterocycles. The lowest BCUT2D eigenvalue weighted by molar-refractivity contribution is 0.0683. The number of imidazole rings is 1. The highest BCUT2D eigenvalue weighted by Crippen LogP contribution is 2.28. The van der Waals surface area contributed by atoms with E-state index in [4.69, 9.17) is 4.98 Å². The largest absolute Gasteiger partial charge is 0.338 e. The fourth-order valence-corrected chi connectivity index (χ4v) is 5.39. The lowest BCUT2D eigenvalue weighted by atomic mass is 9.99. The Morgan fingerprint density at radius 3 is 2.67 bits per heavy atom. The number of piperidine rings is 1. The maximum atomic E-state index is 12.9. The summed E-state index contributed by atoms with van der Waals surface area (Å²) < 4.78 is 2.23. The minimum atomic E-state index is 0.151. The van der Waals surface area contributed by atoms with E-state index in [1.165, 1.54) is 17.5 Å². The SMILES string of the molecule is C[C@@H]1CCCN(C(=O)c2ccc(CSc3nc4ccncc4n3Cc3ccccc3)cc2)C1. The van der Waals surface area contributed by atoms with Crippen molar-refractivity contribution in [3.63, 3.8) is 0 Å². The Morgan fingerprint density at radius 2 is 1.88 bits per heavy atom. The van der Waals surface area contributed by atoms with Crippen LogP contribution in [0, 0.1) is 5.92 Å². The molecule has 3 heterocycles. The van der Waals surface area contributed by atoms with Gasteiger partial charge in [0.2, 0.25) is 0 Å². The minimum Gasteiger partial charge on any atom is -0.338 e. The molecule has 2 aromatic heterocycles. The number of thioether (sulfide) groups is 1. The molecule has 0 N–H and O–H groups in total. The molecule has 6 heteroatoms. The zero-order valence-electron chi connectivity index (χ0n) is 18.9. The Balaban J connectivity index is 1.30. The Hall–Kier alpha value is -3.12. The van der Waals surface area contributed by atoms with Gasteiger partial charge in [0.1, 0.15) is 0 Å². The van der Waals surface area contributed by atoms with E-state index in [1.807, 2.05) is 35.4 Å². The lowest BCUT2D eigenvalue weighted by Crippen LogP contribution is -2.39.